The third-order valence-electron chi connectivity index (χ3n) is 3.22. The smallest absolute Gasteiger partial charge is 0.253 e. The summed E-state index contributed by atoms with van der Waals surface area (Å²) < 4.78 is 25.1. The molecule has 5 heteroatoms. The minimum absolute atomic E-state index is 0.0618. The van der Waals surface area contributed by atoms with Crippen LogP contribution in [0.1, 0.15) is 18.2 Å². The van der Waals surface area contributed by atoms with E-state index in [2.05, 4.69) is 9.98 Å². The zero-order valence-corrected chi connectivity index (χ0v) is 11.8. The number of rotatable bonds is 2. The number of benzene rings is 1. The van der Waals surface area contributed by atoms with E-state index in [0.717, 1.165) is 5.75 Å². The summed E-state index contributed by atoms with van der Waals surface area (Å²) in [6, 6.07) is 10.7. The van der Waals surface area contributed by atoms with Gasteiger partial charge in [-0.15, -0.1) is 0 Å². The summed E-state index contributed by atoms with van der Waals surface area (Å²) in [4.78, 5) is 8.59. The minimum atomic E-state index is -1.85. The van der Waals surface area contributed by atoms with Crippen molar-refractivity contribution in [3.05, 3.63) is 53.9 Å². The standard InChI is InChI=1S/C16H15FN2O2/c1-16(17)10-14-13(4-3-9-18-14)19-15(21-16)11-5-7-12(20-2)8-6-11/h3-9H,10H2,1-2H3/t16-/m1/s1. The Morgan fingerprint density at radius 2 is 2.00 bits per heavy atom. The first kappa shape index (κ1) is 13.5. The van der Waals surface area contributed by atoms with Gasteiger partial charge in [-0.3, -0.25) is 4.98 Å². The Hall–Kier alpha value is -2.43. The number of halogens is 1. The fraction of sp³-hybridized carbons (Fsp3) is 0.250. The van der Waals surface area contributed by atoms with E-state index < -0.39 is 5.85 Å². The van der Waals surface area contributed by atoms with E-state index in [9.17, 15) is 4.39 Å². The molecule has 2 aromatic rings. The van der Waals surface area contributed by atoms with Gasteiger partial charge in [-0.25, -0.2) is 4.99 Å². The molecule has 1 aliphatic rings. The molecule has 108 valence electrons. The van der Waals surface area contributed by atoms with Crippen LogP contribution in [0.25, 0.3) is 0 Å². The van der Waals surface area contributed by atoms with Gasteiger partial charge in [0.15, 0.2) is 0 Å². The normalized spacial score (nSPS) is 20.8. The number of alkyl halides is 1. The van der Waals surface area contributed by atoms with Crippen molar-refractivity contribution < 1.29 is 13.9 Å². The molecule has 3 rings (SSSR count). The van der Waals surface area contributed by atoms with Crippen LogP contribution in [0.5, 0.6) is 5.75 Å². The highest BCUT2D eigenvalue weighted by Gasteiger charge is 2.32. The Bertz CT molecular complexity index is 681. The van der Waals surface area contributed by atoms with Gasteiger partial charge < -0.3 is 9.47 Å². The molecule has 0 unspecified atom stereocenters. The van der Waals surface area contributed by atoms with E-state index in [1.165, 1.54) is 6.92 Å². The number of fused-ring (bicyclic) bond motifs is 1. The molecular formula is C16H15FN2O2. The number of aliphatic imine (C=N–C) groups is 1. The predicted octanol–water partition coefficient (Wildman–Crippen LogP) is 3.43. The maximum atomic E-state index is 14.5. The molecule has 0 spiro atoms. The van der Waals surface area contributed by atoms with Crippen molar-refractivity contribution in [2.45, 2.75) is 19.2 Å². The largest absolute Gasteiger partial charge is 0.497 e. The Kier molecular flexibility index (Phi) is 3.33. The van der Waals surface area contributed by atoms with Crippen molar-refractivity contribution in [1.29, 1.82) is 0 Å². The van der Waals surface area contributed by atoms with Gasteiger partial charge in [-0.05, 0) is 36.4 Å². The summed E-state index contributed by atoms with van der Waals surface area (Å²) in [5, 5.41) is 0. The SMILES string of the molecule is COc1ccc(C2=Nc3cccnc3C[C@](C)(F)O2)cc1. The van der Waals surface area contributed by atoms with Crippen LogP contribution in [0.4, 0.5) is 10.1 Å². The lowest BCUT2D eigenvalue weighted by Gasteiger charge is -2.20. The van der Waals surface area contributed by atoms with Gasteiger partial charge in [0.05, 0.1) is 24.9 Å². The van der Waals surface area contributed by atoms with Crippen molar-refractivity contribution in [3.63, 3.8) is 0 Å². The molecule has 0 bridgehead atoms. The van der Waals surface area contributed by atoms with Crippen LogP contribution in [-0.2, 0) is 11.2 Å². The fourth-order valence-electron chi connectivity index (χ4n) is 2.19. The molecule has 1 aliphatic heterocycles. The van der Waals surface area contributed by atoms with Crippen molar-refractivity contribution in [3.8, 4) is 5.75 Å². The molecule has 2 heterocycles. The summed E-state index contributed by atoms with van der Waals surface area (Å²) in [5.74, 6) is -0.884. The second-order valence-corrected chi connectivity index (χ2v) is 5.00. The summed E-state index contributed by atoms with van der Waals surface area (Å²) in [6.45, 7) is 1.38. The first-order valence-corrected chi connectivity index (χ1v) is 6.62. The number of nitrogens with zero attached hydrogens (tertiary/aromatic N) is 2. The van der Waals surface area contributed by atoms with Crippen molar-refractivity contribution in [2.75, 3.05) is 7.11 Å². The van der Waals surface area contributed by atoms with E-state index in [0.29, 0.717) is 16.9 Å². The van der Waals surface area contributed by atoms with E-state index in [1.807, 2.05) is 0 Å². The second kappa shape index (κ2) is 5.16. The zero-order chi connectivity index (χ0) is 14.9. The van der Waals surface area contributed by atoms with Gasteiger partial charge in [0.2, 0.25) is 5.90 Å². The van der Waals surface area contributed by atoms with Crippen LogP contribution < -0.4 is 4.74 Å². The molecule has 0 aliphatic carbocycles. The quantitative estimate of drug-likeness (QED) is 0.849. The van der Waals surface area contributed by atoms with Crippen LogP contribution in [0.2, 0.25) is 0 Å². The number of hydrogen-bond donors (Lipinski definition) is 0. The Labute approximate surface area is 122 Å². The molecule has 0 N–H and O–H groups in total. The van der Waals surface area contributed by atoms with Crippen molar-refractivity contribution in [1.82, 2.24) is 4.98 Å². The fourth-order valence-corrected chi connectivity index (χ4v) is 2.19. The number of hydrogen-bond acceptors (Lipinski definition) is 4. The maximum absolute atomic E-state index is 14.5. The zero-order valence-electron chi connectivity index (χ0n) is 11.8. The molecule has 0 radical (unpaired) electrons. The highest BCUT2D eigenvalue weighted by atomic mass is 19.2. The molecule has 4 nitrogen and oxygen atoms in total. The number of aromatic nitrogens is 1. The van der Waals surface area contributed by atoms with Crippen LogP contribution in [0.15, 0.2) is 47.6 Å². The Morgan fingerprint density at radius 3 is 2.71 bits per heavy atom. The maximum Gasteiger partial charge on any atom is 0.253 e. The highest BCUT2D eigenvalue weighted by molar-refractivity contribution is 5.96. The lowest BCUT2D eigenvalue weighted by molar-refractivity contribution is -0.0534. The first-order chi connectivity index (χ1) is 10.1. The summed E-state index contributed by atoms with van der Waals surface area (Å²) in [5.41, 5.74) is 1.91. The molecule has 0 fully saturated rings. The third-order valence-corrected chi connectivity index (χ3v) is 3.22. The molecule has 0 amide bonds. The van der Waals surface area contributed by atoms with Gasteiger partial charge >= 0.3 is 0 Å². The van der Waals surface area contributed by atoms with Gasteiger partial charge in [-0.1, -0.05) is 0 Å². The van der Waals surface area contributed by atoms with E-state index in [4.69, 9.17) is 9.47 Å². The molecule has 1 aromatic heterocycles. The van der Waals surface area contributed by atoms with Crippen molar-refractivity contribution in [2.24, 2.45) is 4.99 Å². The molecule has 1 atom stereocenters. The Morgan fingerprint density at radius 1 is 1.24 bits per heavy atom. The topological polar surface area (TPSA) is 43.7 Å². The lowest BCUT2D eigenvalue weighted by Crippen LogP contribution is -2.28. The number of methoxy groups -OCH3 is 1. The lowest BCUT2D eigenvalue weighted by atomic mass is 10.1. The van der Waals surface area contributed by atoms with Crippen LogP contribution in [-0.4, -0.2) is 23.8 Å². The first-order valence-electron chi connectivity index (χ1n) is 6.62. The van der Waals surface area contributed by atoms with Gasteiger partial charge in [0.1, 0.15) is 5.75 Å². The minimum Gasteiger partial charge on any atom is -0.497 e. The van der Waals surface area contributed by atoms with E-state index >= 15 is 0 Å². The predicted molar refractivity (Wildman–Crippen MR) is 77.7 cm³/mol. The van der Waals surface area contributed by atoms with Crippen LogP contribution in [0, 0.1) is 0 Å². The Balaban J connectivity index is 2.05. The summed E-state index contributed by atoms with van der Waals surface area (Å²) in [7, 11) is 1.59. The average Bonchev–Trinajstić information content (AvgIpc) is 2.61. The van der Waals surface area contributed by atoms with Crippen molar-refractivity contribution >= 4 is 11.6 Å². The molecule has 21 heavy (non-hydrogen) atoms. The van der Waals surface area contributed by atoms with Gasteiger partial charge in [0, 0.05) is 18.7 Å². The van der Waals surface area contributed by atoms with E-state index in [1.54, 1.807) is 49.7 Å². The third kappa shape index (κ3) is 2.86. The molecular weight excluding hydrogens is 271 g/mol. The summed E-state index contributed by atoms with van der Waals surface area (Å²) in [6.07, 6.45) is 1.69. The van der Waals surface area contributed by atoms with Gasteiger partial charge in [0.25, 0.3) is 5.85 Å². The summed E-state index contributed by atoms with van der Waals surface area (Å²) >= 11 is 0. The monoisotopic (exact) mass is 286 g/mol. The molecule has 1 aromatic carbocycles. The molecule has 0 saturated heterocycles. The van der Waals surface area contributed by atoms with Gasteiger partial charge in [-0.2, -0.15) is 4.39 Å². The molecule has 0 saturated carbocycles. The van der Waals surface area contributed by atoms with Crippen LogP contribution >= 0.6 is 0 Å². The highest BCUT2D eigenvalue weighted by Crippen LogP contribution is 2.31. The average molecular weight is 286 g/mol. The second-order valence-electron chi connectivity index (χ2n) is 5.00. The van der Waals surface area contributed by atoms with E-state index in [-0.39, 0.29) is 12.3 Å². The number of ether oxygens (including phenoxy) is 2. The van der Waals surface area contributed by atoms with Crippen LogP contribution in [0.3, 0.4) is 0 Å². The number of pyridine rings is 1.